The van der Waals surface area contributed by atoms with E-state index in [-0.39, 0.29) is 5.91 Å². The summed E-state index contributed by atoms with van der Waals surface area (Å²) in [7, 11) is 1.63. The van der Waals surface area contributed by atoms with Gasteiger partial charge in [0.05, 0.1) is 24.2 Å². The van der Waals surface area contributed by atoms with Gasteiger partial charge in [-0.2, -0.15) is 4.68 Å². The number of rotatable bonds is 7. The fourth-order valence-corrected chi connectivity index (χ4v) is 4.73. The zero-order chi connectivity index (χ0) is 21.8. The van der Waals surface area contributed by atoms with Crippen LogP contribution in [0.25, 0.3) is 5.69 Å². The van der Waals surface area contributed by atoms with Gasteiger partial charge in [-0.3, -0.25) is 9.69 Å². The van der Waals surface area contributed by atoms with Crippen molar-refractivity contribution in [3.05, 3.63) is 65.2 Å². The van der Waals surface area contributed by atoms with Gasteiger partial charge in [-0.25, -0.2) is 4.98 Å². The van der Waals surface area contributed by atoms with Crippen molar-refractivity contribution >= 4 is 39.8 Å². The summed E-state index contributed by atoms with van der Waals surface area (Å²) >= 11 is 2.92. The standard InChI is InChI=1S/C21H20N6O2S2/c1-14-5-4-6-18(11-14)26(15(2)28)20-22-16(12-30-20)13-31-21-23-24-25-27(21)17-7-9-19(29-3)10-8-17/h4-12H,13H2,1-3H3. The second-order valence-corrected chi connectivity index (χ2v) is 8.45. The van der Waals surface area contributed by atoms with Crippen LogP contribution in [0.3, 0.4) is 0 Å². The van der Waals surface area contributed by atoms with E-state index in [9.17, 15) is 4.79 Å². The van der Waals surface area contributed by atoms with E-state index in [1.807, 2.05) is 60.8 Å². The summed E-state index contributed by atoms with van der Waals surface area (Å²) in [5.41, 5.74) is 3.59. The van der Waals surface area contributed by atoms with Crippen LogP contribution in [0.1, 0.15) is 18.2 Å². The Kier molecular flexibility index (Phi) is 6.28. The van der Waals surface area contributed by atoms with E-state index < -0.39 is 0 Å². The van der Waals surface area contributed by atoms with Gasteiger partial charge in [0, 0.05) is 18.1 Å². The number of amides is 1. The summed E-state index contributed by atoms with van der Waals surface area (Å²) in [6.45, 7) is 3.54. The average Bonchev–Trinajstić information content (AvgIpc) is 3.42. The van der Waals surface area contributed by atoms with Crippen molar-refractivity contribution in [2.24, 2.45) is 0 Å². The molecule has 0 bridgehead atoms. The number of hydrogen-bond donors (Lipinski definition) is 0. The fourth-order valence-electron chi connectivity index (χ4n) is 2.95. The van der Waals surface area contributed by atoms with Gasteiger partial charge in [-0.15, -0.1) is 16.4 Å². The zero-order valence-electron chi connectivity index (χ0n) is 17.2. The van der Waals surface area contributed by atoms with Crippen molar-refractivity contribution in [2.45, 2.75) is 24.8 Å². The normalized spacial score (nSPS) is 10.8. The molecule has 0 N–H and O–H groups in total. The fraction of sp³-hybridized carbons (Fsp3) is 0.190. The highest BCUT2D eigenvalue weighted by Gasteiger charge is 2.18. The molecule has 4 rings (SSSR count). The molecule has 0 spiro atoms. The Labute approximate surface area is 187 Å². The van der Waals surface area contributed by atoms with Crippen molar-refractivity contribution in [3.63, 3.8) is 0 Å². The topological polar surface area (TPSA) is 86.0 Å². The van der Waals surface area contributed by atoms with Crippen molar-refractivity contribution in [2.75, 3.05) is 12.0 Å². The third kappa shape index (κ3) is 4.75. The minimum atomic E-state index is -0.0809. The molecular weight excluding hydrogens is 432 g/mol. The number of thioether (sulfide) groups is 1. The molecule has 8 nitrogen and oxygen atoms in total. The molecule has 0 radical (unpaired) electrons. The maximum absolute atomic E-state index is 12.3. The lowest BCUT2D eigenvalue weighted by atomic mass is 10.2. The van der Waals surface area contributed by atoms with Crippen LogP contribution in [-0.2, 0) is 10.5 Å². The second-order valence-electron chi connectivity index (χ2n) is 6.67. The summed E-state index contributed by atoms with van der Waals surface area (Å²) in [6.07, 6.45) is 0. The van der Waals surface area contributed by atoms with Crippen molar-refractivity contribution < 1.29 is 9.53 Å². The van der Waals surface area contributed by atoms with E-state index >= 15 is 0 Å². The largest absolute Gasteiger partial charge is 0.497 e. The molecule has 0 aliphatic carbocycles. The first-order chi connectivity index (χ1) is 15.0. The lowest BCUT2D eigenvalue weighted by Gasteiger charge is -2.18. The predicted octanol–water partition coefficient (Wildman–Crippen LogP) is 4.41. The second kappa shape index (κ2) is 9.27. The first-order valence-corrected chi connectivity index (χ1v) is 11.3. The molecule has 0 aliphatic heterocycles. The Morgan fingerprint density at radius 3 is 2.74 bits per heavy atom. The molecule has 0 fully saturated rings. The number of methoxy groups -OCH3 is 1. The smallest absolute Gasteiger partial charge is 0.230 e. The summed E-state index contributed by atoms with van der Waals surface area (Å²) in [6, 6.07) is 15.3. The van der Waals surface area contributed by atoms with Crippen LogP contribution in [0.15, 0.2) is 59.1 Å². The number of aryl methyl sites for hydroxylation is 1. The molecule has 158 valence electrons. The van der Waals surface area contributed by atoms with E-state index in [0.717, 1.165) is 28.4 Å². The van der Waals surface area contributed by atoms with Crippen molar-refractivity contribution in [1.29, 1.82) is 0 Å². The Balaban J connectivity index is 1.50. The lowest BCUT2D eigenvalue weighted by molar-refractivity contribution is -0.115. The quantitative estimate of drug-likeness (QED) is 0.384. The number of hydrogen-bond acceptors (Lipinski definition) is 8. The van der Waals surface area contributed by atoms with E-state index in [2.05, 4.69) is 20.5 Å². The third-order valence-electron chi connectivity index (χ3n) is 4.41. The number of ether oxygens (including phenoxy) is 1. The molecule has 0 atom stereocenters. The SMILES string of the molecule is COc1ccc(-n2nnnc2SCc2csc(N(C(C)=O)c3cccc(C)c3)n2)cc1. The van der Waals surface area contributed by atoms with Gasteiger partial charge in [-0.05, 0) is 59.3 Å². The van der Waals surface area contributed by atoms with Crippen LogP contribution in [-0.4, -0.2) is 38.2 Å². The highest BCUT2D eigenvalue weighted by Crippen LogP contribution is 2.31. The summed E-state index contributed by atoms with van der Waals surface area (Å²) in [5, 5.41) is 15.3. The van der Waals surface area contributed by atoms with Gasteiger partial charge in [-0.1, -0.05) is 23.9 Å². The summed E-state index contributed by atoms with van der Waals surface area (Å²) in [4.78, 5) is 18.6. The van der Waals surface area contributed by atoms with E-state index in [4.69, 9.17) is 4.74 Å². The number of anilines is 2. The number of carbonyl (C=O) groups excluding carboxylic acids is 1. The lowest BCUT2D eigenvalue weighted by Crippen LogP contribution is -2.22. The van der Waals surface area contributed by atoms with Crippen molar-refractivity contribution in [1.82, 2.24) is 25.2 Å². The molecule has 0 saturated heterocycles. The van der Waals surface area contributed by atoms with Crippen LogP contribution in [0.5, 0.6) is 5.75 Å². The van der Waals surface area contributed by atoms with Crippen LogP contribution in [0.4, 0.5) is 10.8 Å². The average molecular weight is 453 g/mol. The minimum Gasteiger partial charge on any atom is -0.497 e. The molecule has 1 amide bonds. The number of carbonyl (C=O) groups is 1. The number of thiazole rings is 1. The molecule has 10 heteroatoms. The zero-order valence-corrected chi connectivity index (χ0v) is 18.9. The molecule has 0 unspecified atom stereocenters. The van der Waals surface area contributed by atoms with Gasteiger partial charge in [0.2, 0.25) is 11.1 Å². The number of nitrogens with zero attached hydrogens (tertiary/aromatic N) is 6. The van der Waals surface area contributed by atoms with Crippen molar-refractivity contribution in [3.8, 4) is 11.4 Å². The summed E-state index contributed by atoms with van der Waals surface area (Å²) in [5.74, 6) is 1.26. The molecule has 2 aromatic heterocycles. The van der Waals surface area contributed by atoms with Gasteiger partial charge < -0.3 is 4.74 Å². The van der Waals surface area contributed by atoms with E-state index in [1.54, 1.807) is 23.6 Å². The van der Waals surface area contributed by atoms with E-state index in [1.165, 1.54) is 23.1 Å². The number of aromatic nitrogens is 5. The van der Waals surface area contributed by atoms with Gasteiger partial charge in [0.1, 0.15) is 5.75 Å². The first kappa shape index (κ1) is 21.0. The third-order valence-corrected chi connectivity index (χ3v) is 6.24. The van der Waals surface area contributed by atoms with Gasteiger partial charge >= 0.3 is 0 Å². The van der Waals surface area contributed by atoms with Gasteiger partial charge in [0.15, 0.2) is 5.13 Å². The molecule has 2 heterocycles. The molecular formula is C21H20N6O2S2. The van der Waals surface area contributed by atoms with Gasteiger partial charge in [0.25, 0.3) is 0 Å². The molecule has 2 aromatic carbocycles. The molecule has 31 heavy (non-hydrogen) atoms. The number of tetrazole rings is 1. The maximum atomic E-state index is 12.3. The Morgan fingerprint density at radius 1 is 1.23 bits per heavy atom. The molecule has 0 saturated carbocycles. The van der Waals surface area contributed by atoms with Crippen LogP contribution >= 0.6 is 23.1 Å². The minimum absolute atomic E-state index is 0.0809. The van der Waals surface area contributed by atoms with Crippen LogP contribution in [0, 0.1) is 6.92 Å². The van der Waals surface area contributed by atoms with Crippen LogP contribution in [0.2, 0.25) is 0 Å². The summed E-state index contributed by atoms with van der Waals surface area (Å²) < 4.78 is 6.87. The molecule has 0 aliphatic rings. The first-order valence-electron chi connectivity index (χ1n) is 9.42. The Bertz CT molecular complexity index is 1190. The molecule has 4 aromatic rings. The Morgan fingerprint density at radius 2 is 2.03 bits per heavy atom. The maximum Gasteiger partial charge on any atom is 0.230 e. The highest BCUT2D eigenvalue weighted by molar-refractivity contribution is 7.98. The van der Waals surface area contributed by atoms with Crippen LogP contribution < -0.4 is 9.64 Å². The monoisotopic (exact) mass is 452 g/mol. The number of benzene rings is 2. The van der Waals surface area contributed by atoms with E-state index in [0.29, 0.717) is 16.0 Å². The predicted molar refractivity (Wildman–Crippen MR) is 121 cm³/mol. The highest BCUT2D eigenvalue weighted by atomic mass is 32.2. The Hall–Kier alpha value is -3.24.